The highest BCUT2D eigenvalue weighted by molar-refractivity contribution is 5.36. The summed E-state index contributed by atoms with van der Waals surface area (Å²) in [7, 11) is 0. The Bertz CT molecular complexity index is 345. The summed E-state index contributed by atoms with van der Waals surface area (Å²) in [6, 6.07) is 5.89. The number of rotatable bonds is 8. The lowest BCUT2D eigenvalue weighted by atomic mass is 10.1. The molecule has 0 aliphatic rings. The van der Waals surface area contributed by atoms with Gasteiger partial charge in [0.25, 0.3) is 0 Å². The van der Waals surface area contributed by atoms with E-state index < -0.39 is 6.10 Å². The van der Waals surface area contributed by atoms with E-state index in [-0.39, 0.29) is 0 Å². The number of aliphatic hydroxyl groups excluding tert-OH is 1. The Morgan fingerprint density at radius 1 is 1.17 bits per heavy atom. The summed E-state index contributed by atoms with van der Waals surface area (Å²) in [5.74, 6) is 0.940. The van der Waals surface area contributed by atoms with Crippen molar-refractivity contribution < 1.29 is 9.84 Å². The summed E-state index contributed by atoms with van der Waals surface area (Å²) in [4.78, 5) is 0. The molecule has 0 heterocycles. The van der Waals surface area contributed by atoms with E-state index in [9.17, 15) is 5.11 Å². The summed E-state index contributed by atoms with van der Waals surface area (Å²) in [6.45, 7) is 6.82. The van der Waals surface area contributed by atoms with Gasteiger partial charge in [0.2, 0.25) is 0 Å². The van der Waals surface area contributed by atoms with Gasteiger partial charge in [-0.1, -0.05) is 38.7 Å². The van der Waals surface area contributed by atoms with Gasteiger partial charge in [0.1, 0.15) is 5.75 Å². The lowest BCUT2D eigenvalue weighted by molar-refractivity contribution is 0.199. The molecule has 0 aliphatic carbocycles. The van der Waals surface area contributed by atoms with E-state index in [0.717, 1.165) is 29.9 Å². The lowest BCUT2D eigenvalue weighted by Gasteiger charge is -2.12. The molecule has 0 saturated heterocycles. The first-order valence-electron chi connectivity index (χ1n) is 7.06. The highest BCUT2D eigenvalue weighted by Gasteiger charge is 2.04. The van der Waals surface area contributed by atoms with Crippen molar-refractivity contribution in [3.05, 3.63) is 29.3 Å². The molecule has 1 rings (SSSR count). The molecule has 1 N–H and O–H groups in total. The van der Waals surface area contributed by atoms with E-state index >= 15 is 0 Å². The van der Waals surface area contributed by atoms with Crippen molar-refractivity contribution in [3.63, 3.8) is 0 Å². The summed E-state index contributed by atoms with van der Waals surface area (Å²) >= 11 is 0. The first-order chi connectivity index (χ1) is 8.65. The van der Waals surface area contributed by atoms with Crippen molar-refractivity contribution >= 4 is 0 Å². The Morgan fingerprint density at radius 2 is 1.89 bits per heavy atom. The molecule has 0 bridgehead atoms. The minimum atomic E-state index is -0.410. The molecule has 0 aliphatic heterocycles. The van der Waals surface area contributed by atoms with Crippen LogP contribution in [0.25, 0.3) is 0 Å². The van der Waals surface area contributed by atoms with Crippen molar-refractivity contribution in [1.29, 1.82) is 0 Å². The van der Waals surface area contributed by atoms with Crippen LogP contribution in [0.2, 0.25) is 0 Å². The highest BCUT2D eigenvalue weighted by atomic mass is 16.5. The van der Waals surface area contributed by atoms with E-state index in [0.29, 0.717) is 0 Å². The molecule has 1 aromatic carbocycles. The van der Waals surface area contributed by atoms with Crippen LogP contribution >= 0.6 is 0 Å². The second kappa shape index (κ2) is 8.15. The molecule has 0 fully saturated rings. The van der Waals surface area contributed by atoms with Gasteiger partial charge in [0, 0.05) is 0 Å². The topological polar surface area (TPSA) is 29.5 Å². The van der Waals surface area contributed by atoms with Crippen LogP contribution in [0.4, 0.5) is 0 Å². The first-order valence-corrected chi connectivity index (χ1v) is 7.06. The zero-order valence-corrected chi connectivity index (χ0v) is 11.9. The van der Waals surface area contributed by atoms with Gasteiger partial charge in [-0.05, 0) is 43.5 Å². The molecule has 2 heteroatoms. The predicted molar refractivity (Wildman–Crippen MR) is 76.1 cm³/mol. The van der Waals surface area contributed by atoms with Crippen molar-refractivity contribution in [2.24, 2.45) is 0 Å². The van der Waals surface area contributed by atoms with Gasteiger partial charge in [-0.25, -0.2) is 0 Å². The Morgan fingerprint density at radius 3 is 2.50 bits per heavy atom. The number of aliphatic hydroxyl groups is 1. The van der Waals surface area contributed by atoms with Crippen LogP contribution < -0.4 is 4.74 Å². The quantitative estimate of drug-likeness (QED) is 0.693. The SMILES string of the molecule is CCCCCCCOc1ccc([C@H](C)O)cc1C. The number of benzene rings is 1. The maximum Gasteiger partial charge on any atom is 0.122 e. The van der Waals surface area contributed by atoms with Crippen LogP contribution in [0, 0.1) is 6.92 Å². The summed E-state index contributed by atoms with van der Waals surface area (Å²) in [6.07, 6.45) is 5.87. The van der Waals surface area contributed by atoms with Crippen LogP contribution in [-0.4, -0.2) is 11.7 Å². The maximum atomic E-state index is 9.49. The Kier molecular flexibility index (Phi) is 6.81. The summed E-state index contributed by atoms with van der Waals surface area (Å²) in [5, 5.41) is 9.49. The third-order valence-electron chi connectivity index (χ3n) is 3.19. The molecule has 0 aromatic heterocycles. The molecule has 1 atom stereocenters. The van der Waals surface area contributed by atoms with Crippen molar-refractivity contribution in [3.8, 4) is 5.75 Å². The fourth-order valence-electron chi connectivity index (χ4n) is 1.98. The third-order valence-corrected chi connectivity index (χ3v) is 3.19. The van der Waals surface area contributed by atoms with Crippen molar-refractivity contribution in [2.75, 3.05) is 6.61 Å². The molecular weight excluding hydrogens is 224 g/mol. The molecule has 1 aromatic rings. The minimum Gasteiger partial charge on any atom is -0.493 e. The molecule has 2 nitrogen and oxygen atoms in total. The number of unbranched alkanes of at least 4 members (excludes halogenated alkanes) is 4. The van der Waals surface area contributed by atoms with E-state index in [1.807, 2.05) is 25.1 Å². The average molecular weight is 250 g/mol. The molecular formula is C16H26O2. The van der Waals surface area contributed by atoms with E-state index in [4.69, 9.17) is 4.74 Å². The summed E-state index contributed by atoms with van der Waals surface area (Å²) < 4.78 is 5.77. The molecule has 0 unspecified atom stereocenters. The fraction of sp³-hybridized carbons (Fsp3) is 0.625. The van der Waals surface area contributed by atoms with Gasteiger partial charge in [-0.2, -0.15) is 0 Å². The molecule has 18 heavy (non-hydrogen) atoms. The van der Waals surface area contributed by atoms with Crippen LogP contribution in [0.5, 0.6) is 5.75 Å². The molecule has 0 saturated carbocycles. The number of hydrogen-bond donors (Lipinski definition) is 1. The average Bonchev–Trinajstić information content (AvgIpc) is 2.35. The van der Waals surface area contributed by atoms with Gasteiger partial charge in [0.15, 0.2) is 0 Å². The molecule has 0 amide bonds. The van der Waals surface area contributed by atoms with E-state index in [1.165, 1.54) is 25.7 Å². The fourth-order valence-corrected chi connectivity index (χ4v) is 1.98. The highest BCUT2D eigenvalue weighted by Crippen LogP contribution is 2.22. The Labute approximate surface area is 111 Å². The standard InChI is InChI=1S/C16H26O2/c1-4-5-6-7-8-11-18-16-10-9-15(14(3)17)12-13(16)2/h9-10,12,14,17H,4-8,11H2,1-3H3/t14-/m0/s1. The van der Waals surface area contributed by atoms with Crippen LogP contribution in [-0.2, 0) is 0 Å². The lowest BCUT2D eigenvalue weighted by Crippen LogP contribution is -2.00. The first kappa shape index (κ1) is 15.0. The smallest absolute Gasteiger partial charge is 0.122 e. The normalized spacial score (nSPS) is 12.4. The number of hydrogen-bond acceptors (Lipinski definition) is 2. The van der Waals surface area contributed by atoms with Crippen LogP contribution in [0.1, 0.15) is 63.2 Å². The van der Waals surface area contributed by atoms with Gasteiger partial charge >= 0.3 is 0 Å². The molecule has 0 spiro atoms. The third kappa shape index (κ3) is 5.09. The van der Waals surface area contributed by atoms with E-state index in [2.05, 4.69) is 6.92 Å². The molecule has 102 valence electrons. The monoisotopic (exact) mass is 250 g/mol. The number of ether oxygens (including phenoxy) is 1. The van der Waals surface area contributed by atoms with Crippen LogP contribution in [0.15, 0.2) is 18.2 Å². The van der Waals surface area contributed by atoms with Gasteiger partial charge in [0.05, 0.1) is 12.7 Å². The molecule has 0 radical (unpaired) electrons. The number of aryl methyl sites for hydroxylation is 1. The largest absolute Gasteiger partial charge is 0.493 e. The van der Waals surface area contributed by atoms with Gasteiger partial charge in [-0.3, -0.25) is 0 Å². The second-order valence-electron chi connectivity index (χ2n) is 4.96. The van der Waals surface area contributed by atoms with Gasteiger partial charge < -0.3 is 9.84 Å². The second-order valence-corrected chi connectivity index (χ2v) is 4.96. The van der Waals surface area contributed by atoms with Crippen molar-refractivity contribution in [2.45, 2.75) is 59.0 Å². The van der Waals surface area contributed by atoms with Crippen LogP contribution in [0.3, 0.4) is 0 Å². The zero-order valence-electron chi connectivity index (χ0n) is 11.9. The summed E-state index contributed by atoms with van der Waals surface area (Å²) in [5.41, 5.74) is 2.05. The predicted octanol–water partition coefficient (Wildman–Crippen LogP) is 4.40. The van der Waals surface area contributed by atoms with Crippen molar-refractivity contribution in [1.82, 2.24) is 0 Å². The minimum absolute atomic E-state index is 0.410. The zero-order chi connectivity index (χ0) is 13.4. The van der Waals surface area contributed by atoms with E-state index in [1.54, 1.807) is 6.92 Å². The maximum absolute atomic E-state index is 9.49. The Hall–Kier alpha value is -1.02. The Balaban J connectivity index is 2.34. The van der Waals surface area contributed by atoms with Gasteiger partial charge in [-0.15, -0.1) is 0 Å².